The van der Waals surface area contributed by atoms with Crippen molar-refractivity contribution in [2.45, 2.75) is 18.9 Å². The number of amides is 1. The Morgan fingerprint density at radius 1 is 1.33 bits per heavy atom. The first kappa shape index (κ1) is 19.6. The number of hydrogen-bond donors (Lipinski definition) is 2. The molecule has 0 bridgehead atoms. The maximum atomic E-state index is 12.1. The Kier molecular flexibility index (Phi) is 5.46. The van der Waals surface area contributed by atoms with Crippen molar-refractivity contribution in [1.82, 2.24) is 24.6 Å². The second-order valence-electron chi connectivity index (χ2n) is 7.07. The van der Waals surface area contributed by atoms with Crippen molar-refractivity contribution < 1.29 is 9.90 Å². The van der Waals surface area contributed by atoms with E-state index in [4.69, 9.17) is 15.9 Å². The second-order valence-corrected chi connectivity index (χ2v) is 7.07. The lowest BCUT2D eigenvalue weighted by molar-refractivity contribution is -0.127. The van der Waals surface area contributed by atoms with Crippen LogP contribution >= 0.6 is 0 Å². The summed E-state index contributed by atoms with van der Waals surface area (Å²) in [7, 11) is 0. The number of rotatable bonds is 3. The van der Waals surface area contributed by atoms with Crippen LogP contribution in [0.1, 0.15) is 24.4 Å². The van der Waals surface area contributed by atoms with Crippen molar-refractivity contribution in [3.63, 3.8) is 0 Å². The first-order chi connectivity index (χ1) is 14.6. The number of benzene rings is 1. The smallest absolute Gasteiger partial charge is 0.246 e. The summed E-state index contributed by atoms with van der Waals surface area (Å²) in [4.78, 5) is 22.5. The standard InChI is InChI=1S/C22H22N6O2/c1-2-18(30)27-11-3-6-17(13-27)28-22-19(21(23)24-14-25-22)20(26-28)16-9-7-15(8-10-16)5-4-12-29/h2,7-10,14,17,29H,1,3,6,11-13H2,(H2,23,24,25). The van der Waals surface area contributed by atoms with Crippen molar-refractivity contribution in [1.29, 1.82) is 0 Å². The van der Waals surface area contributed by atoms with Crippen LogP contribution in [0.2, 0.25) is 0 Å². The maximum Gasteiger partial charge on any atom is 0.246 e. The fraction of sp³-hybridized carbons (Fsp3) is 0.273. The summed E-state index contributed by atoms with van der Waals surface area (Å²) < 4.78 is 1.87. The largest absolute Gasteiger partial charge is 0.384 e. The first-order valence-corrected chi connectivity index (χ1v) is 9.72. The number of fused-ring (bicyclic) bond motifs is 1. The van der Waals surface area contributed by atoms with Gasteiger partial charge < -0.3 is 15.7 Å². The SMILES string of the molecule is C=CC(=O)N1CCCC(n2nc(-c3ccc(C#CCO)cc3)c3c(N)ncnc32)C1. The van der Waals surface area contributed by atoms with Crippen LogP contribution < -0.4 is 5.73 Å². The third-order valence-corrected chi connectivity index (χ3v) is 5.22. The van der Waals surface area contributed by atoms with E-state index in [1.54, 1.807) is 4.90 Å². The molecule has 1 fully saturated rings. The van der Waals surface area contributed by atoms with Gasteiger partial charge in [-0.25, -0.2) is 14.6 Å². The number of carbonyl (C=O) groups is 1. The van der Waals surface area contributed by atoms with E-state index in [0.717, 1.165) is 24.0 Å². The van der Waals surface area contributed by atoms with Gasteiger partial charge in [-0.3, -0.25) is 4.79 Å². The highest BCUT2D eigenvalue weighted by Gasteiger charge is 2.27. The summed E-state index contributed by atoms with van der Waals surface area (Å²) >= 11 is 0. The Balaban J connectivity index is 1.77. The monoisotopic (exact) mass is 402 g/mol. The zero-order chi connectivity index (χ0) is 21.1. The lowest BCUT2D eigenvalue weighted by Gasteiger charge is -2.32. The number of aliphatic hydroxyl groups excluding tert-OH is 1. The van der Waals surface area contributed by atoms with Crippen LogP contribution in [0, 0.1) is 11.8 Å². The van der Waals surface area contributed by atoms with Gasteiger partial charge in [-0.2, -0.15) is 5.10 Å². The average Bonchev–Trinajstić information content (AvgIpc) is 3.18. The van der Waals surface area contributed by atoms with Gasteiger partial charge in [0.25, 0.3) is 0 Å². The van der Waals surface area contributed by atoms with Crippen LogP contribution in [-0.4, -0.2) is 55.4 Å². The molecule has 2 aromatic heterocycles. The zero-order valence-electron chi connectivity index (χ0n) is 16.5. The summed E-state index contributed by atoms with van der Waals surface area (Å²) in [6.45, 7) is 4.66. The molecule has 0 spiro atoms. The summed E-state index contributed by atoms with van der Waals surface area (Å²) in [5, 5.41) is 14.4. The van der Waals surface area contributed by atoms with Gasteiger partial charge in [0.15, 0.2) is 5.65 Å². The van der Waals surface area contributed by atoms with Crippen LogP contribution in [0.5, 0.6) is 0 Å². The van der Waals surface area contributed by atoms with Crippen LogP contribution in [0.15, 0.2) is 43.2 Å². The highest BCUT2D eigenvalue weighted by Crippen LogP contribution is 2.33. The molecule has 3 aromatic rings. The number of aliphatic hydroxyl groups is 1. The van der Waals surface area contributed by atoms with E-state index in [-0.39, 0.29) is 18.6 Å². The molecule has 3 N–H and O–H groups in total. The second kappa shape index (κ2) is 8.35. The van der Waals surface area contributed by atoms with Crippen molar-refractivity contribution in [2.24, 2.45) is 0 Å². The number of likely N-dealkylation sites (tertiary alicyclic amines) is 1. The lowest BCUT2D eigenvalue weighted by atomic mass is 10.1. The minimum absolute atomic E-state index is 0.0112. The lowest BCUT2D eigenvalue weighted by Crippen LogP contribution is -2.40. The minimum atomic E-state index is -0.183. The molecule has 8 heteroatoms. The normalized spacial score (nSPS) is 16.2. The fourth-order valence-electron chi connectivity index (χ4n) is 3.79. The summed E-state index contributed by atoms with van der Waals surface area (Å²) in [6, 6.07) is 7.55. The van der Waals surface area contributed by atoms with Gasteiger partial charge in [0.1, 0.15) is 24.4 Å². The van der Waals surface area contributed by atoms with Crippen molar-refractivity contribution in [3.8, 4) is 23.1 Å². The number of piperidine rings is 1. The molecular weight excluding hydrogens is 380 g/mol. The number of nitrogens with zero attached hydrogens (tertiary/aromatic N) is 5. The minimum Gasteiger partial charge on any atom is -0.384 e. The molecule has 1 amide bonds. The Labute approximate surface area is 174 Å². The van der Waals surface area contributed by atoms with E-state index in [9.17, 15) is 4.79 Å². The Morgan fingerprint density at radius 2 is 2.13 bits per heavy atom. The van der Waals surface area contributed by atoms with Crippen LogP contribution in [0.25, 0.3) is 22.3 Å². The molecule has 1 aromatic carbocycles. The summed E-state index contributed by atoms with van der Waals surface area (Å²) in [5.74, 6) is 5.80. The van der Waals surface area contributed by atoms with Gasteiger partial charge >= 0.3 is 0 Å². The summed E-state index contributed by atoms with van der Waals surface area (Å²) in [5.41, 5.74) is 9.20. The van der Waals surface area contributed by atoms with Gasteiger partial charge in [-0.15, -0.1) is 0 Å². The van der Waals surface area contributed by atoms with Gasteiger partial charge in [0.2, 0.25) is 5.91 Å². The van der Waals surface area contributed by atoms with E-state index >= 15 is 0 Å². The molecule has 1 aliphatic rings. The van der Waals surface area contributed by atoms with Gasteiger partial charge in [-0.05, 0) is 31.1 Å². The van der Waals surface area contributed by atoms with Gasteiger partial charge in [0, 0.05) is 24.2 Å². The van der Waals surface area contributed by atoms with Crippen LogP contribution in [-0.2, 0) is 4.79 Å². The van der Waals surface area contributed by atoms with E-state index < -0.39 is 0 Å². The van der Waals surface area contributed by atoms with Crippen molar-refractivity contribution in [2.75, 3.05) is 25.4 Å². The van der Waals surface area contributed by atoms with Crippen molar-refractivity contribution >= 4 is 22.8 Å². The Morgan fingerprint density at radius 3 is 2.87 bits per heavy atom. The molecule has 1 aliphatic heterocycles. The van der Waals surface area contributed by atoms with E-state index in [2.05, 4.69) is 28.4 Å². The predicted octanol–water partition coefficient (Wildman–Crippen LogP) is 1.77. The molecule has 30 heavy (non-hydrogen) atoms. The topological polar surface area (TPSA) is 110 Å². The number of nitrogen functional groups attached to an aromatic ring is 1. The number of hydrogen-bond acceptors (Lipinski definition) is 6. The fourth-order valence-corrected chi connectivity index (χ4v) is 3.79. The average molecular weight is 402 g/mol. The van der Waals surface area contributed by atoms with Crippen LogP contribution in [0.3, 0.4) is 0 Å². The highest BCUT2D eigenvalue weighted by atomic mass is 16.2. The molecule has 0 saturated carbocycles. The molecule has 8 nitrogen and oxygen atoms in total. The van der Waals surface area contributed by atoms with Crippen molar-refractivity contribution in [3.05, 3.63) is 48.8 Å². The van der Waals surface area contributed by atoms with Crippen LogP contribution in [0.4, 0.5) is 5.82 Å². The quantitative estimate of drug-likeness (QED) is 0.510. The number of aromatic nitrogens is 4. The van der Waals surface area contributed by atoms with Gasteiger partial charge in [0.05, 0.1) is 11.4 Å². The molecule has 3 heterocycles. The zero-order valence-corrected chi connectivity index (χ0v) is 16.5. The molecule has 4 rings (SSSR count). The molecule has 1 atom stereocenters. The highest BCUT2D eigenvalue weighted by molar-refractivity contribution is 5.98. The molecular formula is C22H22N6O2. The number of carbonyl (C=O) groups excluding carboxylic acids is 1. The van der Waals surface area contributed by atoms with Gasteiger partial charge in [-0.1, -0.05) is 30.6 Å². The van der Waals surface area contributed by atoms with E-state index in [1.165, 1.54) is 12.4 Å². The third kappa shape index (κ3) is 3.63. The van der Waals surface area contributed by atoms with E-state index in [0.29, 0.717) is 35.6 Å². The first-order valence-electron chi connectivity index (χ1n) is 9.72. The molecule has 0 aliphatic carbocycles. The maximum absolute atomic E-state index is 12.1. The Bertz CT molecular complexity index is 1160. The summed E-state index contributed by atoms with van der Waals surface area (Å²) in [6.07, 6.45) is 4.54. The molecule has 152 valence electrons. The molecule has 1 saturated heterocycles. The molecule has 0 radical (unpaired) electrons. The number of nitrogens with two attached hydrogens (primary N) is 1. The Hall–Kier alpha value is -3.70. The number of anilines is 1. The third-order valence-electron chi connectivity index (χ3n) is 5.22. The molecule has 1 unspecified atom stereocenters. The predicted molar refractivity (Wildman–Crippen MR) is 114 cm³/mol. The van der Waals surface area contributed by atoms with E-state index in [1.807, 2.05) is 28.9 Å².